The maximum absolute atomic E-state index is 13.5. The summed E-state index contributed by atoms with van der Waals surface area (Å²) in [5.41, 5.74) is -0.872. The molecule has 0 N–H and O–H groups in total. The van der Waals surface area contributed by atoms with E-state index < -0.39 is 69.4 Å². The Hall–Kier alpha value is -1.93. The van der Waals surface area contributed by atoms with Crippen LogP contribution in [0.25, 0.3) is 0 Å². The van der Waals surface area contributed by atoms with Crippen LogP contribution in [0.3, 0.4) is 0 Å². The van der Waals surface area contributed by atoms with Gasteiger partial charge in [0, 0.05) is 33.8 Å². The summed E-state index contributed by atoms with van der Waals surface area (Å²) in [5.74, 6) is -3.07. The van der Waals surface area contributed by atoms with Crippen molar-refractivity contribution in [3.05, 3.63) is 29.8 Å². The molecule has 34 heavy (non-hydrogen) atoms. The van der Waals surface area contributed by atoms with Gasteiger partial charge >= 0.3 is 11.9 Å². The minimum Gasteiger partial charge on any atom is -0.462 e. The number of benzene rings is 1. The molecule has 0 saturated heterocycles. The lowest BCUT2D eigenvalue weighted by Gasteiger charge is -2.47. The fraction of sp³-hybridized carbons (Fsp3) is 0.692. The molecule has 3 aliphatic rings. The van der Waals surface area contributed by atoms with Crippen LogP contribution >= 0.6 is 0 Å². The zero-order chi connectivity index (χ0) is 27.0. The second-order valence-corrected chi connectivity index (χ2v) is 12.5. The van der Waals surface area contributed by atoms with E-state index in [4.69, 9.17) is 16.4 Å². The highest BCUT2D eigenvalue weighted by Gasteiger charge is 2.74. The summed E-state index contributed by atoms with van der Waals surface area (Å²) in [6, 6.07) is 6.30. The fourth-order valence-electron chi connectivity index (χ4n) is 6.95. The fourth-order valence-corrected chi connectivity index (χ4v) is 8.13. The number of ether oxygens (including phenoxy) is 2. The SMILES string of the molecule is [2H]C1([2H])[C@H](C)[C@H]2[C@H]3[C@@H]1C(OS(=O)(=O)c1ccc(C)cc1)[C@]2(C)[C@H](OC(C)=O)C[C@@H](OC(C)=O)C3(C)C. The van der Waals surface area contributed by atoms with Gasteiger partial charge in [-0.3, -0.25) is 13.8 Å². The molecule has 8 atom stereocenters. The first-order valence-electron chi connectivity index (χ1n) is 12.8. The van der Waals surface area contributed by atoms with Gasteiger partial charge in [0.05, 0.1) is 11.0 Å². The molecule has 0 spiro atoms. The van der Waals surface area contributed by atoms with Gasteiger partial charge in [-0.15, -0.1) is 0 Å². The maximum Gasteiger partial charge on any atom is 0.302 e. The monoisotopic (exact) mass is 494 g/mol. The molecule has 0 aliphatic heterocycles. The van der Waals surface area contributed by atoms with Gasteiger partial charge in [-0.25, -0.2) is 0 Å². The third-order valence-corrected chi connectivity index (χ3v) is 9.70. The first kappa shape index (κ1) is 22.5. The quantitative estimate of drug-likeness (QED) is 0.445. The zero-order valence-electron chi connectivity index (χ0n) is 22.8. The smallest absolute Gasteiger partial charge is 0.302 e. The molecule has 0 radical (unpaired) electrons. The molecule has 188 valence electrons. The molecule has 3 aliphatic carbocycles. The van der Waals surface area contributed by atoms with Gasteiger partial charge in [0.2, 0.25) is 0 Å². The van der Waals surface area contributed by atoms with Crippen LogP contribution < -0.4 is 0 Å². The highest BCUT2D eigenvalue weighted by atomic mass is 32.2. The molecule has 8 heteroatoms. The van der Waals surface area contributed by atoms with E-state index >= 15 is 0 Å². The van der Waals surface area contributed by atoms with Gasteiger partial charge in [0.1, 0.15) is 12.2 Å². The molecule has 4 rings (SSSR count). The van der Waals surface area contributed by atoms with Crippen molar-refractivity contribution in [3.63, 3.8) is 0 Å². The summed E-state index contributed by atoms with van der Waals surface area (Å²) < 4.78 is 62.5. The largest absolute Gasteiger partial charge is 0.462 e. The summed E-state index contributed by atoms with van der Waals surface area (Å²) in [7, 11) is -4.25. The van der Waals surface area contributed by atoms with E-state index in [-0.39, 0.29) is 23.2 Å². The van der Waals surface area contributed by atoms with Crippen LogP contribution in [0.2, 0.25) is 0 Å². The lowest BCUT2D eigenvalue weighted by Crippen LogP contribution is -2.53. The van der Waals surface area contributed by atoms with Crippen LogP contribution in [0.4, 0.5) is 0 Å². The lowest BCUT2D eigenvalue weighted by atomic mass is 9.64. The van der Waals surface area contributed by atoms with Crippen molar-refractivity contribution in [1.29, 1.82) is 0 Å². The van der Waals surface area contributed by atoms with E-state index in [0.717, 1.165) is 5.56 Å². The summed E-state index contributed by atoms with van der Waals surface area (Å²) >= 11 is 0. The predicted octanol–water partition coefficient (Wildman–Crippen LogP) is 4.27. The van der Waals surface area contributed by atoms with E-state index in [1.807, 2.05) is 34.6 Å². The average molecular weight is 495 g/mol. The van der Waals surface area contributed by atoms with Crippen LogP contribution in [0.5, 0.6) is 0 Å². The van der Waals surface area contributed by atoms with Crippen LogP contribution in [0, 0.1) is 41.4 Å². The second-order valence-electron chi connectivity index (χ2n) is 10.9. The van der Waals surface area contributed by atoms with Crippen LogP contribution in [-0.4, -0.2) is 38.7 Å². The van der Waals surface area contributed by atoms with Crippen LogP contribution in [0.15, 0.2) is 29.2 Å². The normalized spacial score (nSPS) is 40.6. The number of hydrogen-bond donors (Lipinski definition) is 0. The van der Waals surface area contributed by atoms with Crippen molar-refractivity contribution in [3.8, 4) is 0 Å². The highest BCUT2D eigenvalue weighted by molar-refractivity contribution is 7.86. The molecule has 7 nitrogen and oxygen atoms in total. The number of carbonyl (C=O) groups excluding carboxylic acids is 2. The van der Waals surface area contributed by atoms with Crippen molar-refractivity contribution in [2.24, 2.45) is 34.5 Å². The Labute approximate surface area is 205 Å². The molecule has 0 heterocycles. The first-order valence-corrected chi connectivity index (χ1v) is 13.2. The molecule has 3 fully saturated rings. The summed E-state index contributed by atoms with van der Waals surface area (Å²) in [6.07, 6.45) is -4.14. The Kier molecular flexibility index (Phi) is 5.52. The molecule has 3 saturated carbocycles. The van der Waals surface area contributed by atoms with Gasteiger partial charge < -0.3 is 9.47 Å². The molecule has 1 unspecified atom stereocenters. The molecular weight excluding hydrogens is 456 g/mol. The van der Waals surface area contributed by atoms with Gasteiger partial charge in [0.25, 0.3) is 10.1 Å². The summed E-state index contributed by atoms with van der Waals surface area (Å²) in [5, 5.41) is 0. The number of aryl methyl sites for hydroxylation is 1. The van der Waals surface area contributed by atoms with Gasteiger partial charge in [-0.1, -0.05) is 45.4 Å². The topological polar surface area (TPSA) is 96.0 Å². The van der Waals surface area contributed by atoms with Crippen LogP contribution in [-0.2, 0) is 33.4 Å². The number of esters is 2. The predicted molar refractivity (Wildman–Crippen MR) is 125 cm³/mol. The lowest BCUT2D eigenvalue weighted by molar-refractivity contribution is -0.174. The third-order valence-electron chi connectivity index (χ3n) is 8.39. The summed E-state index contributed by atoms with van der Waals surface area (Å²) in [6.45, 7) is 12.0. The Morgan fingerprint density at radius 3 is 2.12 bits per heavy atom. The molecule has 4 bridgehead atoms. The molecular formula is C26H36O7S. The van der Waals surface area contributed by atoms with Crippen molar-refractivity contribution in [2.45, 2.75) is 84.5 Å². The Morgan fingerprint density at radius 2 is 1.56 bits per heavy atom. The Bertz CT molecular complexity index is 1160. The van der Waals surface area contributed by atoms with E-state index in [0.29, 0.717) is 0 Å². The van der Waals surface area contributed by atoms with E-state index in [1.54, 1.807) is 12.1 Å². The average Bonchev–Trinajstić information content (AvgIpc) is 3.10. The number of hydrogen-bond acceptors (Lipinski definition) is 7. The minimum absolute atomic E-state index is 0.0125. The highest BCUT2D eigenvalue weighted by Crippen LogP contribution is 2.71. The summed E-state index contributed by atoms with van der Waals surface area (Å²) in [4.78, 5) is 24.2. The molecule has 0 aromatic heterocycles. The molecule has 0 amide bonds. The number of carbonyl (C=O) groups is 2. The van der Waals surface area contributed by atoms with Crippen molar-refractivity contribution in [1.82, 2.24) is 0 Å². The van der Waals surface area contributed by atoms with E-state index in [1.165, 1.54) is 26.0 Å². The molecule has 1 aromatic carbocycles. The van der Waals surface area contributed by atoms with Crippen molar-refractivity contribution in [2.75, 3.05) is 0 Å². The first-order chi connectivity index (χ1) is 16.5. The Balaban J connectivity index is 1.89. The minimum atomic E-state index is -4.25. The maximum atomic E-state index is 13.5. The van der Waals surface area contributed by atoms with Gasteiger partial charge in [-0.2, -0.15) is 8.42 Å². The van der Waals surface area contributed by atoms with Crippen molar-refractivity contribution < 1.29 is 34.4 Å². The Morgan fingerprint density at radius 1 is 1.00 bits per heavy atom. The molecule has 1 aromatic rings. The third kappa shape index (κ3) is 3.87. The standard InChI is InChI=1S/C26H36O7S/c1-14-8-10-18(11-9-14)34(29,30)33-24-19-12-15(2)22-23(19)25(5,6)20(31-16(3)27)13-21(26(22,24)7)32-17(4)28/h8-11,15,19-24H,12-13H2,1-7H3/t15-,19+,20+,21+,22-,23+,24?,26+/m0/s1/i12D2. The zero-order valence-corrected chi connectivity index (χ0v) is 21.6. The number of rotatable bonds is 5. The van der Waals surface area contributed by atoms with Gasteiger partial charge in [-0.05, 0) is 49.1 Å². The van der Waals surface area contributed by atoms with Crippen LogP contribution in [0.1, 0.15) is 62.6 Å². The van der Waals surface area contributed by atoms with Crippen molar-refractivity contribution >= 4 is 22.1 Å². The van der Waals surface area contributed by atoms with E-state index in [2.05, 4.69) is 0 Å². The van der Waals surface area contributed by atoms with Gasteiger partial charge in [0.15, 0.2) is 0 Å². The van der Waals surface area contributed by atoms with E-state index in [9.17, 15) is 18.0 Å². The second kappa shape index (κ2) is 8.33.